The van der Waals surface area contributed by atoms with Gasteiger partial charge in [0.1, 0.15) is 0 Å². The molecule has 6 heavy (non-hydrogen) atoms. The van der Waals surface area contributed by atoms with Gasteiger partial charge >= 0.3 is 0 Å². The standard InChI is InChI=1S/C2H7NO2.H2O/c1-4-3-5-2;/h3H,1-2H3;1H2. The number of hydrogen-bond donors (Lipinski definition) is 1. The topological polar surface area (TPSA) is 62.0 Å². The average Bonchev–Trinajstić information content (AvgIpc) is 1.41. The highest BCUT2D eigenvalue weighted by atomic mass is 16.9. The molecule has 4 nitrogen and oxygen atoms in total. The van der Waals surface area contributed by atoms with Gasteiger partial charge in [0.2, 0.25) is 0 Å². The molecular formula is C2H9NO3. The van der Waals surface area contributed by atoms with Gasteiger partial charge in [0.05, 0.1) is 14.2 Å². The van der Waals surface area contributed by atoms with Crippen LogP contribution in [0.3, 0.4) is 0 Å². The molecule has 3 N–H and O–H groups in total. The Morgan fingerprint density at radius 3 is 1.50 bits per heavy atom. The zero-order valence-corrected chi connectivity index (χ0v) is 3.82. The second-order valence-electron chi connectivity index (χ2n) is 0.492. The number of nitrogens with one attached hydrogen (secondary N) is 1. The lowest BCUT2D eigenvalue weighted by Crippen LogP contribution is -2.07. The molecule has 0 aliphatic rings. The van der Waals surface area contributed by atoms with Crippen LogP contribution in [-0.4, -0.2) is 19.7 Å². The fourth-order valence-electron chi connectivity index (χ4n) is 0.0833. The normalized spacial score (nSPS) is 7.00. The van der Waals surface area contributed by atoms with E-state index >= 15 is 0 Å². The Morgan fingerprint density at radius 1 is 1.17 bits per heavy atom. The van der Waals surface area contributed by atoms with Gasteiger partial charge in [0, 0.05) is 0 Å². The lowest BCUT2D eigenvalue weighted by molar-refractivity contribution is -0.130. The van der Waals surface area contributed by atoms with Crippen LogP contribution in [0.5, 0.6) is 0 Å². The van der Waals surface area contributed by atoms with E-state index in [1.807, 2.05) is 0 Å². The summed E-state index contributed by atoms with van der Waals surface area (Å²) >= 11 is 0. The van der Waals surface area contributed by atoms with Crippen molar-refractivity contribution in [3.63, 3.8) is 0 Å². The van der Waals surface area contributed by atoms with Gasteiger partial charge < -0.3 is 5.48 Å². The number of hydrogen-bond acceptors (Lipinski definition) is 3. The van der Waals surface area contributed by atoms with Gasteiger partial charge in [-0.1, -0.05) is 5.64 Å². The van der Waals surface area contributed by atoms with Gasteiger partial charge in [-0.25, -0.2) is 0 Å². The SMILES string of the molecule is CONOC.O. The Kier molecular flexibility index (Phi) is 13.7. The monoisotopic (exact) mass is 95.1 g/mol. The molecule has 0 fully saturated rings. The molecule has 0 saturated carbocycles. The molecule has 0 aromatic heterocycles. The van der Waals surface area contributed by atoms with Crippen molar-refractivity contribution < 1.29 is 15.2 Å². The Balaban J connectivity index is 0. The van der Waals surface area contributed by atoms with Gasteiger partial charge in [-0.15, -0.1) is 0 Å². The summed E-state index contributed by atoms with van der Waals surface area (Å²) in [5.74, 6) is 0. The third-order valence-corrected chi connectivity index (χ3v) is 0.167. The molecule has 0 amide bonds. The van der Waals surface area contributed by atoms with Gasteiger partial charge in [-0.3, -0.25) is 9.68 Å². The molecule has 40 valence electrons. The minimum absolute atomic E-state index is 0. The van der Waals surface area contributed by atoms with Crippen LogP contribution >= 0.6 is 0 Å². The molecule has 0 aliphatic carbocycles. The third kappa shape index (κ3) is 9.15. The zero-order chi connectivity index (χ0) is 4.12. The summed E-state index contributed by atoms with van der Waals surface area (Å²) in [6.45, 7) is 0. The minimum Gasteiger partial charge on any atom is -0.412 e. The van der Waals surface area contributed by atoms with Crippen LogP contribution < -0.4 is 5.64 Å². The Hall–Kier alpha value is -0.160. The molecule has 0 rings (SSSR count). The van der Waals surface area contributed by atoms with Gasteiger partial charge in [-0.2, -0.15) is 0 Å². The summed E-state index contributed by atoms with van der Waals surface area (Å²) in [6.07, 6.45) is 0. The summed E-state index contributed by atoms with van der Waals surface area (Å²) in [7, 11) is 2.95. The Bertz CT molecular complexity index is 16.3. The van der Waals surface area contributed by atoms with Gasteiger partial charge in [0.25, 0.3) is 0 Å². The summed E-state index contributed by atoms with van der Waals surface area (Å²) in [6, 6.07) is 0. The average molecular weight is 95.1 g/mol. The van der Waals surface area contributed by atoms with Crippen LogP contribution in [0.2, 0.25) is 0 Å². The van der Waals surface area contributed by atoms with Crippen molar-refractivity contribution in [3.8, 4) is 0 Å². The van der Waals surface area contributed by atoms with Crippen molar-refractivity contribution in [3.05, 3.63) is 0 Å². The van der Waals surface area contributed by atoms with E-state index in [0.29, 0.717) is 0 Å². The molecule has 0 unspecified atom stereocenters. The highest BCUT2D eigenvalue weighted by Crippen LogP contribution is 1.46. The van der Waals surface area contributed by atoms with Crippen LogP contribution in [0.15, 0.2) is 0 Å². The first-order chi connectivity index (χ1) is 2.41. The maximum Gasteiger partial charge on any atom is 0.0599 e. The molecule has 0 aromatic carbocycles. The maximum absolute atomic E-state index is 4.22. The summed E-state index contributed by atoms with van der Waals surface area (Å²) in [4.78, 5) is 8.44. The van der Waals surface area contributed by atoms with E-state index in [9.17, 15) is 0 Å². The van der Waals surface area contributed by atoms with Crippen molar-refractivity contribution in [2.24, 2.45) is 0 Å². The molecule has 0 aliphatic heterocycles. The lowest BCUT2D eigenvalue weighted by atomic mass is 11.7. The fourth-order valence-corrected chi connectivity index (χ4v) is 0.0833. The summed E-state index contributed by atoms with van der Waals surface area (Å²) in [5.41, 5.74) is 2.11. The zero-order valence-electron chi connectivity index (χ0n) is 3.82. The Labute approximate surface area is 36.3 Å². The molecule has 0 heterocycles. The maximum atomic E-state index is 4.22. The second-order valence-corrected chi connectivity index (χ2v) is 0.492. The van der Waals surface area contributed by atoms with E-state index in [1.54, 1.807) is 0 Å². The van der Waals surface area contributed by atoms with Crippen LogP contribution in [0.1, 0.15) is 0 Å². The summed E-state index contributed by atoms with van der Waals surface area (Å²) in [5, 5.41) is 0. The van der Waals surface area contributed by atoms with Crippen molar-refractivity contribution in [2.45, 2.75) is 0 Å². The van der Waals surface area contributed by atoms with Gasteiger partial charge in [-0.05, 0) is 0 Å². The van der Waals surface area contributed by atoms with E-state index in [-0.39, 0.29) is 5.48 Å². The highest BCUT2D eigenvalue weighted by molar-refractivity contribution is 3.62. The molecule has 0 atom stereocenters. The molecule has 0 saturated heterocycles. The first-order valence-corrected chi connectivity index (χ1v) is 1.22. The molecule has 0 radical (unpaired) electrons. The van der Waals surface area contributed by atoms with E-state index in [4.69, 9.17) is 0 Å². The van der Waals surface area contributed by atoms with Crippen molar-refractivity contribution in [1.29, 1.82) is 0 Å². The molecular weight excluding hydrogens is 86.0 g/mol. The van der Waals surface area contributed by atoms with Gasteiger partial charge in [0.15, 0.2) is 0 Å². The second kappa shape index (κ2) is 8.85. The van der Waals surface area contributed by atoms with Crippen LogP contribution in [0, 0.1) is 0 Å². The van der Waals surface area contributed by atoms with E-state index in [2.05, 4.69) is 15.3 Å². The lowest BCUT2D eigenvalue weighted by Gasteiger charge is -1.89. The molecule has 4 heteroatoms. The van der Waals surface area contributed by atoms with Crippen molar-refractivity contribution >= 4 is 0 Å². The Morgan fingerprint density at radius 2 is 1.50 bits per heavy atom. The van der Waals surface area contributed by atoms with Crippen molar-refractivity contribution in [2.75, 3.05) is 14.2 Å². The fraction of sp³-hybridized carbons (Fsp3) is 1.00. The largest absolute Gasteiger partial charge is 0.412 e. The number of rotatable bonds is 2. The quantitative estimate of drug-likeness (QED) is 0.441. The first-order valence-electron chi connectivity index (χ1n) is 1.22. The summed E-state index contributed by atoms with van der Waals surface area (Å²) < 4.78 is 0. The molecule has 0 spiro atoms. The van der Waals surface area contributed by atoms with Crippen LogP contribution in [0.25, 0.3) is 0 Å². The first kappa shape index (κ1) is 9.28. The van der Waals surface area contributed by atoms with Crippen molar-refractivity contribution in [1.82, 2.24) is 5.64 Å². The van der Waals surface area contributed by atoms with Crippen LogP contribution in [0.4, 0.5) is 0 Å². The smallest absolute Gasteiger partial charge is 0.0599 e. The molecule has 0 bridgehead atoms. The molecule has 0 aromatic rings. The van der Waals surface area contributed by atoms with E-state index < -0.39 is 0 Å². The minimum atomic E-state index is 0. The van der Waals surface area contributed by atoms with Crippen LogP contribution in [-0.2, 0) is 9.68 Å². The predicted octanol–water partition coefficient (Wildman–Crippen LogP) is -1.13. The van der Waals surface area contributed by atoms with E-state index in [0.717, 1.165) is 0 Å². The van der Waals surface area contributed by atoms with E-state index in [1.165, 1.54) is 14.2 Å². The highest BCUT2D eigenvalue weighted by Gasteiger charge is 1.58. The third-order valence-electron chi connectivity index (χ3n) is 0.167. The predicted molar refractivity (Wildman–Crippen MR) is 20.8 cm³/mol.